The number of rotatable bonds is 2. The number of nitrogens with two attached hydrogens (primary N) is 2. The fourth-order valence-electron chi connectivity index (χ4n) is 2.97. The molecule has 0 bridgehead atoms. The number of anilines is 2. The van der Waals surface area contributed by atoms with Crippen LogP contribution < -0.4 is 16.4 Å². The Kier molecular flexibility index (Phi) is 4.32. The Morgan fingerprint density at radius 3 is 2.79 bits per heavy atom. The number of hydrogen-bond acceptors (Lipinski definition) is 6. The third-order valence-electron chi connectivity index (χ3n) is 4.33. The largest absolute Gasteiger partial charge is 0.368 e. The van der Waals surface area contributed by atoms with Crippen molar-refractivity contribution in [2.45, 2.75) is 31.8 Å². The van der Waals surface area contributed by atoms with E-state index in [9.17, 15) is 4.39 Å². The van der Waals surface area contributed by atoms with Crippen LogP contribution >= 0.6 is 0 Å². The minimum absolute atomic E-state index is 0.00312. The topological polar surface area (TPSA) is 105 Å². The molecule has 1 aromatic heterocycles. The van der Waals surface area contributed by atoms with Crippen LogP contribution in [0.1, 0.15) is 25.3 Å². The maximum atomic E-state index is 13.9. The van der Waals surface area contributed by atoms with Gasteiger partial charge in [-0.2, -0.15) is 10.2 Å². The predicted molar refractivity (Wildman–Crippen MR) is 90.6 cm³/mol. The van der Waals surface area contributed by atoms with E-state index < -0.39 is 5.82 Å². The minimum atomic E-state index is -0.581. The summed E-state index contributed by atoms with van der Waals surface area (Å²) in [7, 11) is 0. The summed E-state index contributed by atoms with van der Waals surface area (Å²) in [6.45, 7) is 2.81. The Bertz CT molecular complexity index is 800. The summed E-state index contributed by atoms with van der Waals surface area (Å²) < 4.78 is 13.9. The highest BCUT2D eigenvalue weighted by Gasteiger charge is 2.25. The molecule has 2 heterocycles. The molecule has 1 unspecified atom stereocenters. The van der Waals surface area contributed by atoms with Crippen molar-refractivity contribution in [1.82, 2.24) is 9.97 Å². The van der Waals surface area contributed by atoms with Crippen molar-refractivity contribution in [3.05, 3.63) is 35.6 Å². The Labute approximate surface area is 139 Å². The lowest BCUT2D eigenvalue weighted by atomic mass is 10.00. The number of benzene rings is 1. The Balaban J connectivity index is 2.00. The van der Waals surface area contributed by atoms with Crippen LogP contribution in [0.15, 0.2) is 24.3 Å². The molecule has 0 aliphatic carbocycles. The third kappa shape index (κ3) is 3.14. The molecule has 1 aliphatic heterocycles. The van der Waals surface area contributed by atoms with Crippen LogP contribution in [0.4, 0.5) is 16.2 Å². The summed E-state index contributed by atoms with van der Waals surface area (Å²) in [4.78, 5) is 10.6. The normalized spacial score (nSPS) is 20.7. The van der Waals surface area contributed by atoms with Crippen LogP contribution in [0.2, 0.25) is 0 Å². The lowest BCUT2D eigenvalue weighted by Crippen LogP contribution is -2.48. The Hall–Kier alpha value is -2.72. The smallest absolute Gasteiger partial charge is 0.222 e. The van der Waals surface area contributed by atoms with Gasteiger partial charge in [-0.3, -0.25) is 0 Å². The van der Waals surface area contributed by atoms with Crippen LogP contribution in [0.3, 0.4) is 0 Å². The first-order valence-corrected chi connectivity index (χ1v) is 7.84. The van der Waals surface area contributed by atoms with Crippen molar-refractivity contribution in [3.63, 3.8) is 0 Å². The Morgan fingerprint density at radius 1 is 1.29 bits per heavy atom. The lowest BCUT2D eigenvalue weighted by molar-refractivity contribution is 0.434. The molecule has 1 aliphatic rings. The number of halogens is 1. The van der Waals surface area contributed by atoms with E-state index in [4.69, 9.17) is 16.7 Å². The number of aromatic nitrogens is 2. The van der Waals surface area contributed by atoms with Crippen molar-refractivity contribution in [2.24, 2.45) is 5.73 Å². The molecule has 1 fully saturated rings. The highest BCUT2D eigenvalue weighted by Crippen LogP contribution is 2.28. The molecule has 0 spiro atoms. The second kappa shape index (κ2) is 6.42. The van der Waals surface area contributed by atoms with Crippen LogP contribution in [-0.2, 0) is 0 Å². The second-order valence-corrected chi connectivity index (χ2v) is 6.11. The van der Waals surface area contributed by atoms with Gasteiger partial charge in [0.2, 0.25) is 5.95 Å². The zero-order chi connectivity index (χ0) is 17.3. The highest BCUT2D eigenvalue weighted by molar-refractivity contribution is 5.65. The molecule has 2 aromatic rings. The van der Waals surface area contributed by atoms with Gasteiger partial charge in [0, 0.05) is 30.3 Å². The van der Waals surface area contributed by atoms with Gasteiger partial charge in [-0.25, -0.2) is 9.37 Å². The zero-order valence-corrected chi connectivity index (χ0v) is 13.4. The molecular weight excluding hydrogens is 307 g/mol. The van der Waals surface area contributed by atoms with E-state index in [1.54, 1.807) is 18.2 Å². The maximum Gasteiger partial charge on any atom is 0.222 e. The molecule has 7 heteroatoms. The molecular formula is C17H19FN6. The second-order valence-electron chi connectivity index (χ2n) is 6.11. The van der Waals surface area contributed by atoms with Gasteiger partial charge in [0.05, 0.1) is 11.3 Å². The standard InChI is InChI=1S/C17H19FN6/c1-10-2-5-13(20)9-24(10)16-7-15(22-17(21)23-16)11-3-4-12(8-19)14(18)6-11/h3-4,6-7,10,13H,2,5,9,20H2,1H3,(H2,21,22,23)/t10-,13?/m0/s1. The molecule has 2 atom stereocenters. The number of piperidine rings is 1. The average molecular weight is 326 g/mol. The number of hydrogen-bond donors (Lipinski definition) is 2. The fourth-order valence-corrected chi connectivity index (χ4v) is 2.97. The summed E-state index contributed by atoms with van der Waals surface area (Å²) in [6.07, 6.45) is 1.96. The van der Waals surface area contributed by atoms with E-state index in [-0.39, 0.29) is 17.6 Å². The fraction of sp³-hybridized carbons (Fsp3) is 0.353. The molecule has 4 N–H and O–H groups in total. The van der Waals surface area contributed by atoms with Gasteiger partial charge in [-0.05, 0) is 31.9 Å². The summed E-state index contributed by atoms with van der Waals surface area (Å²) in [5, 5.41) is 8.84. The summed E-state index contributed by atoms with van der Waals surface area (Å²) in [5.74, 6) is 0.227. The van der Waals surface area contributed by atoms with Crippen LogP contribution in [0.5, 0.6) is 0 Å². The van der Waals surface area contributed by atoms with Crippen LogP contribution in [0.25, 0.3) is 11.3 Å². The van der Waals surface area contributed by atoms with E-state index in [2.05, 4.69) is 21.8 Å². The monoisotopic (exact) mass is 326 g/mol. The van der Waals surface area contributed by atoms with Crippen molar-refractivity contribution < 1.29 is 4.39 Å². The van der Waals surface area contributed by atoms with Crippen LogP contribution in [-0.4, -0.2) is 28.6 Å². The first kappa shape index (κ1) is 16.1. The molecule has 1 saturated heterocycles. The quantitative estimate of drug-likeness (QED) is 0.875. The lowest BCUT2D eigenvalue weighted by Gasteiger charge is -2.37. The molecule has 3 rings (SSSR count). The van der Waals surface area contributed by atoms with E-state index in [1.807, 2.05) is 0 Å². The SMILES string of the molecule is C[C@H]1CCC(N)CN1c1cc(-c2ccc(C#N)c(F)c2)nc(N)n1. The van der Waals surface area contributed by atoms with E-state index in [0.717, 1.165) is 12.8 Å². The number of nitriles is 1. The first-order valence-electron chi connectivity index (χ1n) is 7.84. The molecule has 124 valence electrons. The van der Waals surface area contributed by atoms with Crippen molar-refractivity contribution in [3.8, 4) is 17.3 Å². The van der Waals surface area contributed by atoms with E-state index in [0.29, 0.717) is 29.7 Å². The molecule has 0 radical (unpaired) electrons. The molecule has 24 heavy (non-hydrogen) atoms. The predicted octanol–water partition coefficient (Wildman–Crippen LogP) is 2.05. The maximum absolute atomic E-state index is 13.9. The van der Waals surface area contributed by atoms with E-state index >= 15 is 0 Å². The van der Waals surface area contributed by atoms with Crippen molar-refractivity contribution in [2.75, 3.05) is 17.2 Å². The van der Waals surface area contributed by atoms with Gasteiger partial charge in [0.1, 0.15) is 17.7 Å². The van der Waals surface area contributed by atoms with Gasteiger partial charge in [-0.1, -0.05) is 6.07 Å². The number of nitrogen functional groups attached to an aromatic ring is 1. The van der Waals surface area contributed by atoms with Gasteiger partial charge in [0.25, 0.3) is 0 Å². The molecule has 0 amide bonds. The van der Waals surface area contributed by atoms with E-state index in [1.165, 1.54) is 12.1 Å². The minimum Gasteiger partial charge on any atom is -0.368 e. The molecule has 6 nitrogen and oxygen atoms in total. The average Bonchev–Trinajstić information content (AvgIpc) is 2.56. The summed E-state index contributed by atoms with van der Waals surface area (Å²) in [5.41, 5.74) is 13.0. The van der Waals surface area contributed by atoms with Crippen molar-refractivity contribution >= 4 is 11.8 Å². The Morgan fingerprint density at radius 2 is 2.08 bits per heavy atom. The van der Waals surface area contributed by atoms with Gasteiger partial charge in [-0.15, -0.1) is 0 Å². The molecule has 0 saturated carbocycles. The molecule has 1 aromatic carbocycles. The van der Waals surface area contributed by atoms with Crippen molar-refractivity contribution in [1.29, 1.82) is 5.26 Å². The number of nitrogens with zero attached hydrogens (tertiary/aromatic N) is 4. The van der Waals surface area contributed by atoms with Gasteiger partial charge < -0.3 is 16.4 Å². The summed E-state index contributed by atoms with van der Waals surface area (Å²) >= 11 is 0. The third-order valence-corrected chi connectivity index (χ3v) is 4.33. The van der Waals surface area contributed by atoms with Crippen LogP contribution in [0, 0.1) is 17.1 Å². The first-order chi connectivity index (χ1) is 11.5. The van der Waals surface area contributed by atoms with Gasteiger partial charge >= 0.3 is 0 Å². The summed E-state index contributed by atoms with van der Waals surface area (Å²) in [6, 6.07) is 8.35. The van der Waals surface area contributed by atoms with Gasteiger partial charge in [0.15, 0.2) is 0 Å². The zero-order valence-electron chi connectivity index (χ0n) is 13.4. The highest BCUT2D eigenvalue weighted by atomic mass is 19.1.